The molecule has 0 bridgehead atoms. The Balaban J connectivity index is 3.04. The van der Waals surface area contributed by atoms with Gasteiger partial charge in [-0.2, -0.15) is 0 Å². The van der Waals surface area contributed by atoms with Crippen LogP contribution in [0.4, 0.5) is 5.69 Å². The van der Waals surface area contributed by atoms with Crippen molar-refractivity contribution in [3.63, 3.8) is 0 Å². The monoisotopic (exact) mass is 271 g/mol. The van der Waals surface area contributed by atoms with Gasteiger partial charge in [-0.05, 0) is 18.2 Å². The molecule has 1 N–H and O–H groups in total. The minimum Gasteiger partial charge on any atom is -0.465 e. The maximum absolute atomic E-state index is 11.2. The Kier molecular flexibility index (Phi) is 3.85. The Bertz CT molecular complexity index is 404. The third-order valence-corrected chi connectivity index (χ3v) is 2.10. The summed E-state index contributed by atoms with van der Waals surface area (Å²) in [5.74, 6) is -0.633. The molecule has 0 aliphatic rings. The number of carbonyl (C=O) groups excluding carboxylic acids is 2. The summed E-state index contributed by atoms with van der Waals surface area (Å²) in [6.07, 6.45) is 0. The highest BCUT2D eigenvalue weighted by molar-refractivity contribution is 9.10. The largest absolute Gasteiger partial charge is 0.465 e. The van der Waals surface area contributed by atoms with Crippen molar-refractivity contribution in [3.8, 4) is 0 Å². The van der Waals surface area contributed by atoms with Gasteiger partial charge in [0.05, 0.1) is 12.7 Å². The number of hydrogen-bond acceptors (Lipinski definition) is 3. The minimum absolute atomic E-state index is 0.191. The number of halogens is 1. The second-order valence-corrected chi connectivity index (χ2v) is 3.82. The molecule has 0 unspecified atom stereocenters. The van der Waals surface area contributed by atoms with Crippen molar-refractivity contribution in [2.45, 2.75) is 6.92 Å². The average molecular weight is 272 g/mol. The van der Waals surface area contributed by atoms with Crippen molar-refractivity contribution in [3.05, 3.63) is 28.2 Å². The van der Waals surface area contributed by atoms with Crippen LogP contribution < -0.4 is 5.32 Å². The molecular formula is C10H10BrNO3. The molecule has 0 fully saturated rings. The SMILES string of the molecule is COC(=O)c1cc(Br)cc(NC(C)=O)c1. The lowest BCUT2D eigenvalue weighted by Gasteiger charge is -2.05. The summed E-state index contributed by atoms with van der Waals surface area (Å²) in [5, 5.41) is 2.59. The van der Waals surface area contributed by atoms with Gasteiger partial charge >= 0.3 is 5.97 Å². The van der Waals surface area contributed by atoms with Crippen molar-refractivity contribution < 1.29 is 14.3 Å². The molecule has 15 heavy (non-hydrogen) atoms. The van der Waals surface area contributed by atoms with Gasteiger partial charge in [0, 0.05) is 17.1 Å². The van der Waals surface area contributed by atoms with Crippen LogP contribution in [0.2, 0.25) is 0 Å². The number of amides is 1. The first-order chi connectivity index (χ1) is 7.02. The lowest BCUT2D eigenvalue weighted by Crippen LogP contribution is -2.08. The molecule has 80 valence electrons. The third kappa shape index (κ3) is 3.36. The topological polar surface area (TPSA) is 55.4 Å². The molecule has 0 saturated heterocycles. The number of anilines is 1. The molecule has 1 aromatic rings. The predicted octanol–water partition coefficient (Wildman–Crippen LogP) is 2.19. The van der Waals surface area contributed by atoms with Crippen molar-refractivity contribution in [2.24, 2.45) is 0 Å². The van der Waals surface area contributed by atoms with E-state index in [-0.39, 0.29) is 5.91 Å². The lowest BCUT2D eigenvalue weighted by molar-refractivity contribution is -0.114. The number of esters is 1. The third-order valence-electron chi connectivity index (χ3n) is 1.64. The molecule has 0 spiro atoms. The summed E-state index contributed by atoms with van der Waals surface area (Å²) in [5.41, 5.74) is 0.938. The molecule has 0 atom stereocenters. The summed E-state index contributed by atoms with van der Waals surface area (Å²) < 4.78 is 5.28. The zero-order valence-corrected chi connectivity index (χ0v) is 9.92. The fourth-order valence-corrected chi connectivity index (χ4v) is 1.59. The van der Waals surface area contributed by atoms with Gasteiger partial charge in [-0.25, -0.2) is 4.79 Å². The Morgan fingerprint density at radius 1 is 1.33 bits per heavy atom. The highest BCUT2D eigenvalue weighted by Gasteiger charge is 2.08. The van der Waals surface area contributed by atoms with Crippen LogP contribution in [0.3, 0.4) is 0 Å². The first kappa shape index (κ1) is 11.7. The Hall–Kier alpha value is -1.36. The van der Waals surface area contributed by atoms with Crippen LogP contribution in [0.1, 0.15) is 17.3 Å². The van der Waals surface area contributed by atoms with Gasteiger partial charge in [-0.15, -0.1) is 0 Å². The van der Waals surface area contributed by atoms with E-state index in [1.165, 1.54) is 14.0 Å². The number of hydrogen-bond donors (Lipinski definition) is 1. The average Bonchev–Trinajstić information content (AvgIpc) is 2.14. The van der Waals surface area contributed by atoms with Gasteiger partial charge in [-0.3, -0.25) is 4.79 Å². The summed E-state index contributed by atoms with van der Waals surface area (Å²) >= 11 is 3.24. The van der Waals surface area contributed by atoms with Crippen LogP contribution in [0.15, 0.2) is 22.7 Å². The normalized spacial score (nSPS) is 9.53. The minimum atomic E-state index is -0.442. The molecule has 5 heteroatoms. The maximum Gasteiger partial charge on any atom is 0.337 e. The van der Waals surface area contributed by atoms with E-state index in [4.69, 9.17) is 0 Å². The molecule has 1 rings (SSSR count). The van der Waals surface area contributed by atoms with E-state index in [1.54, 1.807) is 18.2 Å². The highest BCUT2D eigenvalue weighted by atomic mass is 79.9. The number of carbonyl (C=O) groups is 2. The van der Waals surface area contributed by atoms with E-state index >= 15 is 0 Å². The lowest BCUT2D eigenvalue weighted by atomic mass is 10.2. The van der Waals surface area contributed by atoms with E-state index in [0.717, 1.165) is 0 Å². The maximum atomic E-state index is 11.2. The van der Waals surface area contributed by atoms with Gasteiger partial charge in [0.15, 0.2) is 0 Å². The second-order valence-electron chi connectivity index (χ2n) is 2.90. The number of benzene rings is 1. The van der Waals surface area contributed by atoms with Crippen LogP contribution in [0.25, 0.3) is 0 Å². The molecular weight excluding hydrogens is 262 g/mol. The van der Waals surface area contributed by atoms with Gasteiger partial charge in [0.2, 0.25) is 5.91 Å². The van der Waals surface area contributed by atoms with Crippen molar-refractivity contribution in [2.75, 3.05) is 12.4 Å². The number of rotatable bonds is 2. The van der Waals surface area contributed by atoms with E-state index < -0.39 is 5.97 Å². The molecule has 0 aliphatic heterocycles. The van der Waals surface area contributed by atoms with Crippen LogP contribution in [0, 0.1) is 0 Å². The summed E-state index contributed by atoms with van der Waals surface area (Å²) in [6, 6.07) is 4.88. The Morgan fingerprint density at radius 2 is 2.00 bits per heavy atom. The molecule has 0 radical (unpaired) electrons. The van der Waals surface area contributed by atoms with Crippen LogP contribution in [0.5, 0.6) is 0 Å². The summed E-state index contributed by atoms with van der Waals surface area (Å²) in [7, 11) is 1.31. The first-order valence-electron chi connectivity index (χ1n) is 4.19. The second kappa shape index (κ2) is 4.93. The molecule has 0 saturated carbocycles. The van der Waals surface area contributed by atoms with E-state index in [2.05, 4.69) is 26.0 Å². The Morgan fingerprint density at radius 3 is 2.53 bits per heavy atom. The number of ether oxygens (including phenoxy) is 1. The first-order valence-corrected chi connectivity index (χ1v) is 4.98. The quantitative estimate of drug-likeness (QED) is 0.839. The molecule has 0 aliphatic carbocycles. The molecule has 1 aromatic carbocycles. The fraction of sp³-hybridized carbons (Fsp3) is 0.200. The van der Waals surface area contributed by atoms with Gasteiger partial charge < -0.3 is 10.1 Å². The van der Waals surface area contributed by atoms with Crippen LogP contribution in [-0.2, 0) is 9.53 Å². The van der Waals surface area contributed by atoms with Crippen molar-refractivity contribution in [1.82, 2.24) is 0 Å². The number of methoxy groups -OCH3 is 1. The standard InChI is InChI=1S/C10H10BrNO3/c1-6(13)12-9-4-7(10(14)15-2)3-8(11)5-9/h3-5H,1-2H3,(H,12,13). The zero-order valence-electron chi connectivity index (χ0n) is 8.33. The fourth-order valence-electron chi connectivity index (χ4n) is 1.10. The van der Waals surface area contributed by atoms with E-state index in [1.807, 2.05) is 0 Å². The van der Waals surface area contributed by atoms with Gasteiger partial charge in [0.1, 0.15) is 0 Å². The van der Waals surface area contributed by atoms with E-state index in [9.17, 15) is 9.59 Å². The van der Waals surface area contributed by atoms with Crippen LogP contribution in [-0.4, -0.2) is 19.0 Å². The van der Waals surface area contributed by atoms with Crippen LogP contribution >= 0.6 is 15.9 Å². The van der Waals surface area contributed by atoms with E-state index in [0.29, 0.717) is 15.7 Å². The van der Waals surface area contributed by atoms with Crippen molar-refractivity contribution >= 4 is 33.5 Å². The molecule has 0 heterocycles. The zero-order chi connectivity index (χ0) is 11.4. The highest BCUT2D eigenvalue weighted by Crippen LogP contribution is 2.20. The predicted molar refractivity (Wildman–Crippen MR) is 59.8 cm³/mol. The van der Waals surface area contributed by atoms with Gasteiger partial charge in [0.25, 0.3) is 0 Å². The Labute approximate surface area is 95.7 Å². The van der Waals surface area contributed by atoms with Crippen molar-refractivity contribution in [1.29, 1.82) is 0 Å². The summed E-state index contributed by atoms with van der Waals surface area (Å²) in [6.45, 7) is 1.40. The summed E-state index contributed by atoms with van der Waals surface area (Å²) in [4.78, 5) is 22.1. The molecule has 4 nitrogen and oxygen atoms in total. The van der Waals surface area contributed by atoms with Gasteiger partial charge in [-0.1, -0.05) is 15.9 Å². The number of nitrogens with one attached hydrogen (secondary N) is 1. The molecule has 1 amide bonds. The smallest absolute Gasteiger partial charge is 0.337 e. The molecule has 0 aromatic heterocycles.